The fourth-order valence-corrected chi connectivity index (χ4v) is 1.01. The molecule has 2 N–H and O–H groups in total. The van der Waals surface area contributed by atoms with E-state index < -0.39 is 5.95 Å². The fraction of sp³-hybridized carbons (Fsp3) is 0.444. The number of aliphatic hydroxyl groups is 1. The Kier molecular flexibility index (Phi) is 3.64. The number of anilines is 1. The quantitative estimate of drug-likeness (QED) is 0.695. The van der Waals surface area contributed by atoms with E-state index in [-0.39, 0.29) is 12.6 Å². The van der Waals surface area contributed by atoms with Crippen LogP contribution in [0.1, 0.15) is 13.3 Å². The molecule has 1 heterocycles. The molecule has 72 valence electrons. The highest BCUT2D eigenvalue weighted by atomic mass is 19.1. The molecule has 0 aliphatic carbocycles. The van der Waals surface area contributed by atoms with E-state index in [9.17, 15) is 4.39 Å². The first-order valence-electron chi connectivity index (χ1n) is 4.22. The van der Waals surface area contributed by atoms with E-state index in [2.05, 4.69) is 10.3 Å². The molecular weight excluding hydrogens is 171 g/mol. The number of hydrogen-bond donors (Lipinski definition) is 2. The van der Waals surface area contributed by atoms with Crippen LogP contribution >= 0.6 is 0 Å². The zero-order valence-electron chi connectivity index (χ0n) is 7.50. The highest BCUT2D eigenvalue weighted by Crippen LogP contribution is 2.06. The van der Waals surface area contributed by atoms with Crippen molar-refractivity contribution in [3.8, 4) is 0 Å². The Morgan fingerprint density at radius 3 is 3.00 bits per heavy atom. The summed E-state index contributed by atoms with van der Waals surface area (Å²) in [6, 6.07) is 4.68. The van der Waals surface area contributed by atoms with Gasteiger partial charge in [0.2, 0.25) is 5.95 Å². The molecular formula is C9H13FN2O. The van der Waals surface area contributed by atoms with Crippen molar-refractivity contribution in [1.29, 1.82) is 0 Å². The Bertz CT molecular complexity index is 268. The van der Waals surface area contributed by atoms with Crippen molar-refractivity contribution in [2.24, 2.45) is 0 Å². The fourth-order valence-electron chi connectivity index (χ4n) is 1.01. The molecule has 0 fully saturated rings. The maximum absolute atomic E-state index is 12.6. The lowest BCUT2D eigenvalue weighted by atomic mass is 10.2. The third-order valence-electron chi connectivity index (χ3n) is 1.67. The number of aromatic nitrogens is 1. The van der Waals surface area contributed by atoms with Gasteiger partial charge >= 0.3 is 0 Å². The minimum Gasteiger partial charge on any atom is -0.396 e. The second-order valence-electron chi connectivity index (χ2n) is 2.90. The minimum absolute atomic E-state index is 0.0966. The van der Waals surface area contributed by atoms with Gasteiger partial charge in [0.1, 0.15) is 5.82 Å². The monoisotopic (exact) mass is 184 g/mol. The zero-order valence-corrected chi connectivity index (χ0v) is 7.50. The topological polar surface area (TPSA) is 45.1 Å². The number of rotatable bonds is 4. The Morgan fingerprint density at radius 2 is 2.38 bits per heavy atom. The van der Waals surface area contributed by atoms with Gasteiger partial charge in [0, 0.05) is 12.6 Å². The molecule has 0 saturated carbocycles. The summed E-state index contributed by atoms with van der Waals surface area (Å²) in [5.41, 5.74) is 0. The van der Waals surface area contributed by atoms with Crippen LogP contribution in [0, 0.1) is 5.95 Å². The Balaban J connectivity index is 2.53. The molecule has 1 unspecified atom stereocenters. The second-order valence-corrected chi connectivity index (χ2v) is 2.90. The Labute approximate surface area is 76.6 Å². The molecule has 0 aliphatic heterocycles. The van der Waals surface area contributed by atoms with E-state index in [1.807, 2.05) is 6.92 Å². The average Bonchev–Trinajstić information content (AvgIpc) is 2.04. The van der Waals surface area contributed by atoms with Crippen molar-refractivity contribution < 1.29 is 9.50 Å². The molecule has 0 spiro atoms. The van der Waals surface area contributed by atoms with E-state index in [1.54, 1.807) is 12.1 Å². The van der Waals surface area contributed by atoms with Gasteiger partial charge in [-0.15, -0.1) is 0 Å². The van der Waals surface area contributed by atoms with E-state index >= 15 is 0 Å². The lowest BCUT2D eigenvalue weighted by Gasteiger charge is -2.12. The molecule has 0 radical (unpaired) electrons. The molecule has 0 saturated heterocycles. The maximum Gasteiger partial charge on any atom is 0.214 e. The maximum atomic E-state index is 12.6. The van der Waals surface area contributed by atoms with Gasteiger partial charge < -0.3 is 10.4 Å². The number of halogens is 1. The highest BCUT2D eigenvalue weighted by molar-refractivity contribution is 5.34. The van der Waals surface area contributed by atoms with Crippen LogP contribution in [0.25, 0.3) is 0 Å². The lowest BCUT2D eigenvalue weighted by Crippen LogP contribution is -2.17. The molecule has 4 heteroatoms. The number of aliphatic hydroxyl groups excluding tert-OH is 1. The molecule has 0 aromatic carbocycles. The lowest BCUT2D eigenvalue weighted by molar-refractivity contribution is 0.282. The van der Waals surface area contributed by atoms with E-state index in [0.717, 1.165) is 0 Å². The number of pyridine rings is 1. The Hall–Kier alpha value is -1.16. The van der Waals surface area contributed by atoms with E-state index in [1.165, 1.54) is 6.07 Å². The number of nitrogens with one attached hydrogen (secondary N) is 1. The summed E-state index contributed by atoms with van der Waals surface area (Å²) >= 11 is 0. The van der Waals surface area contributed by atoms with Crippen molar-refractivity contribution in [2.45, 2.75) is 19.4 Å². The van der Waals surface area contributed by atoms with Gasteiger partial charge in [-0.2, -0.15) is 4.39 Å². The van der Waals surface area contributed by atoms with E-state index in [0.29, 0.717) is 12.2 Å². The predicted octanol–water partition coefficient (Wildman–Crippen LogP) is 1.40. The van der Waals surface area contributed by atoms with E-state index in [4.69, 9.17) is 5.11 Å². The van der Waals surface area contributed by atoms with Crippen LogP contribution < -0.4 is 5.32 Å². The first-order chi connectivity index (χ1) is 6.22. The van der Waals surface area contributed by atoms with Gasteiger partial charge in [-0.1, -0.05) is 6.07 Å². The first kappa shape index (κ1) is 9.92. The van der Waals surface area contributed by atoms with Crippen molar-refractivity contribution >= 4 is 5.82 Å². The summed E-state index contributed by atoms with van der Waals surface area (Å²) < 4.78 is 12.6. The predicted molar refractivity (Wildman–Crippen MR) is 49.0 cm³/mol. The summed E-state index contributed by atoms with van der Waals surface area (Å²) in [6.45, 7) is 2.02. The first-order valence-corrected chi connectivity index (χ1v) is 4.22. The van der Waals surface area contributed by atoms with Gasteiger partial charge in [-0.3, -0.25) is 0 Å². The summed E-state index contributed by atoms with van der Waals surface area (Å²) in [4.78, 5) is 3.64. The molecule has 1 aromatic heterocycles. The van der Waals surface area contributed by atoms with Crippen LogP contribution in [-0.4, -0.2) is 22.7 Å². The Morgan fingerprint density at radius 1 is 1.62 bits per heavy atom. The van der Waals surface area contributed by atoms with Crippen LogP contribution in [0.4, 0.5) is 10.2 Å². The summed E-state index contributed by atoms with van der Waals surface area (Å²) in [7, 11) is 0. The molecule has 0 aliphatic rings. The van der Waals surface area contributed by atoms with Crippen LogP contribution in [0.2, 0.25) is 0 Å². The average molecular weight is 184 g/mol. The second kappa shape index (κ2) is 4.77. The number of nitrogens with zero attached hydrogens (tertiary/aromatic N) is 1. The third kappa shape index (κ3) is 3.38. The van der Waals surface area contributed by atoms with Crippen LogP contribution in [0.3, 0.4) is 0 Å². The van der Waals surface area contributed by atoms with Gasteiger partial charge in [0.15, 0.2) is 0 Å². The summed E-state index contributed by atoms with van der Waals surface area (Å²) in [5, 5.41) is 11.6. The highest BCUT2D eigenvalue weighted by Gasteiger charge is 2.01. The minimum atomic E-state index is -0.499. The summed E-state index contributed by atoms with van der Waals surface area (Å²) in [5.74, 6) is 0.00199. The van der Waals surface area contributed by atoms with Crippen molar-refractivity contribution in [2.75, 3.05) is 11.9 Å². The normalized spacial score (nSPS) is 12.5. The standard InChI is InChI=1S/C9H13FN2O/c1-7(5-6-13)11-9-4-2-3-8(10)12-9/h2-4,7,13H,5-6H2,1H3,(H,11,12). The van der Waals surface area contributed by atoms with Crippen LogP contribution in [0.15, 0.2) is 18.2 Å². The van der Waals surface area contributed by atoms with Crippen LogP contribution in [0.5, 0.6) is 0 Å². The molecule has 13 heavy (non-hydrogen) atoms. The molecule has 0 bridgehead atoms. The summed E-state index contributed by atoms with van der Waals surface area (Å²) in [6.07, 6.45) is 0.623. The van der Waals surface area contributed by atoms with Crippen LogP contribution in [-0.2, 0) is 0 Å². The van der Waals surface area contributed by atoms with Crippen molar-refractivity contribution in [3.63, 3.8) is 0 Å². The molecule has 3 nitrogen and oxygen atoms in total. The van der Waals surface area contributed by atoms with Gasteiger partial charge in [0.05, 0.1) is 0 Å². The smallest absolute Gasteiger partial charge is 0.214 e. The zero-order chi connectivity index (χ0) is 9.68. The van der Waals surface area contributed by atoms with Gasteiger partial charge in [-0.05, 0) is 25.5 Å². The molecule has 1 atom stereocenters. The SMILES string of the molecule is CC(CCO)Nc1cccc(F)n1. The molecule has 1 rings (SSSR count). The molecule has 0 amide bonds. The van der Waals surface area contributed by atoms with Gasteiger partial charge in [0.25, 0.3) is 0 Å². The van der Waals surface area contributed by atoms with Crippen molar-refractivity contribution in [3.05, 3.63) is 24.1 Å². The van der Waals surface area contributed by atoms with Crippen molar-refractivity contribution in [1.82, 2.24) is 4.98 Å². The number of hydrogen-bond acceptors (Lipinski definition) is 3. The molecule has 1 aromatic rings. The largest absolute Gasteiger partial charge is 0.396 e. The third-order valence-corrected chi connectivity index (χ3v) is 1.67. The van der Waals surface area contributed by atoms with Gasteiger partial charge in [-0.25, -0.2) is 4.98 Å².